The monoisotopic (exact) mass is 617 g/mol. The van der Waals surface area contributed by atoms with E-state index in [4.69, 9.17) is 0 Å². The largest absolute Gasteiger partial charge is 0.465 e. The van der Waals surface area contributed by atoms with E-state index in [2.05, 4.69) is 25.3 Å². The molecular weight excluding hydrogens is 580 g/mol. The number of amides is 2. The number of likely N-dealkylation sites (tertiary alicyclic amines) is 1. The lowest BCUT2D eigenvalue weighted by atomic mass is 10.00. The van der Waals surface area contributed by atoms with E-state index in [1.807, 2.05) is 13.8 Å². The number of benzene rings is 2. The van der Waals surface area contributed by atoms with Gasteiger partial charge in [0.1, 0.15) is 29.3 Å². The van der Waals surface area contributed by atoms with Crippen LogP contribution in [0.5, 0.6) is 0 Å². The molecule has 0 spiro atoms. The van der Waals surface area contributed by atoms with Crippen LogP contribution in [0.1, 0.15) is 63.3 Å². The van der Waals surface area contributed by atoms with Gasteiger partial charge in [0, 0.05) is 24.7 Å². The fourth-order valence-corrected chi connectivity index (χ4v) is 6.54. The number of carbonyl (C=O) groups is 2. The molecule has 0 bridgehead atoms. The number of hydrogen-bond donors (Lipinski definition) is 4. The van der Waals surface area contributed by atoms with E-state index in [9.17, 15) is 14.7 Å². The summed E-state index contributed by atoms with van der Waals surface area (Å²) in [4.78, 5) is 43.2. The lowest BCUT2D eigenvalue weighted by Gasteiger charge is -2.33. The van der Waals surface area contributed by atoms with Gasteiger partial charge >= 0.3 is 6.09 Å². The number of likely N-dealkylation sites (N-methyl/N-ethyl adjacent to an activating group) is 1. The number of aromatic nitrogens is 4. The Morgan fingerprint density at radius 3 is 2.07 bits per heavy atom. The van der Waals surface area contributed by atoms with Crippen LogP contribution in [0, 0.1) is 17.6 Å². The van der Waals surface area contributed by atoms with Crippen LogP contribution in [0.25, 0.3) is 33.6 Å². The molecule has 2 aliphatic rings. The van der Waals surface area contributed by atoms with E-state index in [-0.39, 0.29) is 23.9 Å². The SMILES string of the molecule is CC(C)[C@@H](C(=O)N1CCC[C@H]1c1ncc(-c2ccc(-c3ccc(-c4cnc([C@@H]5CCCN5)[nH]4)c(F)c3)cc2F)[nH]1)N(C)C(=O)O. The van der Waals surface area contributed by atoms with Crippen LogP contribution >= 0.6 is 0 Å². The first kappa shape index (κ1) is 30.4. The van der Waals surface area contributed by atoms with Gasteiger partial charge in [0.15, 0.2) is 0 Å². The zero-order valence-corrected chi connectivity index (χ0v) is 25.5. The Bertz CT molecular complexity index is 1710. The summed E-state index contributed by atoms with van der Waals surface area (Å²) in [7, 11) is 1.40. The number of nitrogens with one attached hydrogen (secondary N) is 3. The maximum atomic E-state index is 15.5. The van der Waals surface area contributed by atoms with Crippen LogP contribution in [-0.4, -0.2) is 73.0 Å². The van der Waals surface area contributed by atoms with Gasteiger partial charge in [-0.1, -0.05) is 26.0 Å². The highest BCUT2D eigenvalue weighted by Crippen LogP contribution is 2.35. The molecule has 4 aromatic rings. The van der Waals surface area contributed by atoms with Gasteiger partial charge in [0.25, 0.3) is 0 Å². The van der Waals surface area contributed by atoms with Crippen molar-refractivity contribution in [1.82, 2.24) is 35.1 Å². The van der Waals surface area contributed by atoms with Crippen molar-refractivity contribution in [2.45, 2.75) is 57.7 Å². The van der Waals surface area contributed by atoms with E-state index in [1.165, 1.54) is 25.4 Å². The second kappa shape index (κ2) is 12.4. The highest BCUT2D eigenvalue weighted by atomic mass is 19.1. The number of hydrogen-bond acceptors (Lipinski definition) is 5. The molecule has 2 amide bonds. The molecule has 2 fully saturated rings. The normalized spacial score (nSPS) is 18.9. The quantitative estimate of drug-likeness (QED) is 0.188. The first-order valence-corrected chi connectivity index (χ1v) is 15.3. The number of halogens is 2. The third-order valence-electron chi connectivity index (χ3n) is 8.89. The molecule has 2 saturated heterocycles. The average Bonchev–Trinajstić information content (AvgIpc) is 3.83. The third-order valence-corrected chi connectivity index (χ3v) is 8.89. The van der Waals surface area contributed by atoms with Crippen LogP contribution in [0.4, 0.5) is 13.6 Å². The van der Waals surface area contributed by atoms with E-state index >= 15 is 8.78 Å². The number of carbonyl (C=O) groups excluding carboxylic acids is 1. The van der Waals surface area contributed by atoms with Crippen molar-refractivity contribution in [3.63, 3.8) is 0 Å². The Hall–Kier alpha value is -4.58. The topological polar surface area (TPSA) is 130 Å². The second-order valence-electron chi connectivity index (χ2n) is 12.2. The number of carboxylic acid groups (broad SMARTS) is 1. The zero-order chi connectivity index (χ0) is 31.8. The van der Waals surface area contributed by atoms with Gasteiger partial charge in [-0.2, -0.15) is 0 Å². The number of aromatic amines is 2. The van der Waals surface area contributed by atoms with Crippen molar-refractivity contribution in [3.05, 3.63) is 72.1 Å². The maximum Gasteiger partial charge on any atom is 0.407 e. The van der Waals surface area contributed by atoms with Crippen molar-refractivity contribution >= 4 is 12.0 Å². The summed E-state index contributed by atoms with van der Waals surface area (Å²) in [6.07, 6.45) is 5.46. The minimum Gasteiger partial charge on any atom is -0.465 e. The number of imidazole rings is 2. The number of H-pyrrole nitrogens is 2. The van der Waals surface area contributed by atoms with Crippen LogP contribution in [0.15, 0.2) is 48.8 Å². The van der Waals surface area contributed by atoms with Gasteiger partial charge in [-0.05, 0) is 73.5 Å². The van der Waals surface area contributed by atoms with Crippen molar-refractivity contribution in [2.24, 2.45) is 5.92 Å². The van der Waals surface area contributed by atoms with Gasteiger partial charge < -0.3 is 25.3 Å². The average molecular weight is 618 g/mol. The van der Waals surface area contributed by atoms with Gasteiger partial charge in [-0.15, -0.1) is 0 Å². The third kappa shape index (κ3) is 5.94. The lowest BCUT2D eigenvalue weighted by molar-refractivity contribution is -0.138. The van der Waals surface area contributed by atoms with Crippen LogP contribution in [0.3, 0.4) is 0 Å². The lowest BCUT2D eigenvalue weighted by Crippen LogP contribution is -2.51. The predicted molar refractivity (Wildman–Crippen MR) is 165 cm³/mol. The first-order chi connectivity index (χ1) is 21.6. The van der Waals surface area contributed by atoms with Crippen molar-refractivity contribution in [2.75, 3.05) is 20.1 Å². The molecule has 236 valence electrons. The highest BCUT2D eigenvalue weighted by Gasteiger charge is 2.39. The molecule has 45 heavy (non-hydrogen) atoms. The van der Waals surface area contributed by atoms with Crippen LogP contribution in [-0.2, 0) is 4.79 Å². The summed E-state index contributed by atoms with van der Waals surface area (Å²) >= 11 is 0. The van der Waals surface area contributed by atoms with E-state index in [0.717, 1.165) is 36.5 Å². The summed E-state index contributed by atoms with van der Waals surface area (Å²) in [5.41, 5.74) is 2.79. The fraction of sp³-hybridized carbons (Fsp3) is 0.394. The summed E-state index contributed by atoms with van der Waals surface area (Å²) < 4.78 is 30.7. The van der Waals surface area contributed by atoms with E-state index in [0.29, 0.717) is 52.4 Å². The summed E-state index contributed by atoms with van der Waals surface area (Å²) in [6.45, 7) is 5.05. The zero-order valence-electron chi connectivity index (χ0n) is 25.5. The fourth-order valence-electron chi connectivity index (χ4n) is 6.54. The van der Waals surface area contributed by atoms with Gasteiger partial charge in [0.2, 0.25) is 5.91 Å². The molecule has 4 N–H and O–H groups in total. The molecule has 0 saturated carbocycles. The molecule has 0 radical (unpaired) electrons. The Balaban J connectivity index is 1.19. The molecule has 12 heteroatoms. The molecule has 3 atom stereocenters. The smallest absolute Gasteiger partial charge is 0.407 e. The van der Waals surface area contributed by atoms with E-state index in [1.54, 1.807) is 35.4 Å². The second-order valence-corrected chi connectivity index (χ2v) is 12.2. The summed E-state index contributed by atoms with van der Waals surface area (Å²) in [5.74, 6) is -0.123. The standard InChI is InChI=1S/C33H37F2N7O3/c1-18(2)29(41(3)33(44)45)32(43)42-13-5-7-28(42)31-38-17-27(40-31)22-11-9-20(15-24(22)35)19-8-10-21(23(34)14-19)26-16-37-30(39-26)25-6-4-12-36-25/h8-11,14-18,25,28-29,36H,4-7,12-13H2,1-3H3,(H,37,39)(H,38,40)(H,44,45)/t25-,28-,29-/m0/s1. The molecule has 2 aromatic carbocycles. The van der Waals surface area contributed by atoms with Crippen LogP contribution < -0.4 is 5.32 Å². The molecule has 0 unspecified atom stereocenters. The Kier molecular flexibility index (Phi) is 8.41. The van der Waals surface area contributed by atoms with Crippen molar-refractivity contribution in [1.29, 1.82) is 0 Å². The number of nitrogens with zero attached hydrogens (tertiary/aromatic N) is 4. The van der Waals surface area contributed by atoms with Gasteiger partial charge in [0.05, 0.1) is 35.9 Å². The molecule has 2 aliphatic heterocycles. The Morgan fingerprint density at radius 1 is 0.933 bits per heavy atom. The molecule has 6 rings (SSSR count). The summed E-state index contributed by atoms with van der Waals surface area (Å²) in [5, 5.41) is 12.9. The highest BCUT2D eigenvalue weighted by molar-refractivity contribution is 5.86. The number of rotatable bonds is 8. The molecule has 4 heterocycles. The van der Waals surface area contributed by atoms with Crippen molar-refractivity contribution < 1.29 is 23.5 Å². The molecule has 10 nitrogen and oxygen atoms in total. The Morgan fingerprint density at radius 2 is 1.53 bits per heavy atom. The van der Waals surface area contributed by atoms with Crippen LogP contribution in [0.2, 0.25) is 0 Å². The van der Waals surface area contributed by atoms with Gasteiger partial charge in [-0.25, -0.2) is 23.5 Å². The molecular formula is C33H37F2N7O3. The first-order valence-electron chi connectivity index (χ1n) is 15.3. The van der Waals surface area contributed by atoms with Gasteiger partial charge in [-0.3, -0.25) is 9.69 Å². The predicted octanol–water partition coefficient (Wildman–Crippen LogP) is 6.13. The minimum absolute atomic E-state index is 0.149. The minimum atomic E-state index is -1.17. The Labute approximate surface area is 259 Å². The van der Waals surface area contributed by atoms with E-state index < -0.39 is 23.8 Å². The maximum absolute atomic E-state index is 15.5. The van der Waals surface area contributed by atoms with Crippen molar-refractivity contribution in [3.8, 4) is 33.6 Å². The molecule has 0 aliphatic carbocycles. The molecule has 2 aromatic heterocycles. The summed E-state index contributed by atoms with van der Waals surface area (Å²) in [6, 6.07) is 8.49.